The molecule has 1 N–H and O–H groups in total. The first-order valence-electron chi connectivity index (χ1n) is 6.47. The Morgan fingerprint density at radius 3 is 2.81 bits per heavy atom. The van der Waals surface area contributed by atoms with E-state index in [1.165, 1.54) is 19.3 Å². The Kier molecular flexibility index (Phi) is 4.18. The SMILES string of the molecule is CCOC(=O)[C@H]1NCC[C@H]1N1CCCCC1. The second kappa shape index (κ2) is 5.64. The number of rotatable bonds is 3. The van der Waals surface area contributed by atoms with E-state index in [4.69, 9.17) is 4.74 Å². The van der Waals surface area contributed by atoms with Gasteiger partial charge < -0.3 is 10.1 Å². The van der Waals surface area contributed by atoms with Crippen LogP contribution in [0.25, 0.3) is 0 Å². The molecule has 0 bridgehead atoms. The van der Waals surface area contributed by atoms with Gasteiger partial charge in [0.15, 0.2) is 0 Å². The number of hydrogen-bond donors (Lipinski definition) is 1. The zero-order valence-electron chi connectivity index (χ0n) is 10.1. The molecule has 92 valence electrons. The van der Waals surface area contributed by atoms with Crippen molar-refractivity contribution in [1.29, 1.82) is 0 Å². The molecule has 2 aliphatic heterocycles. The van der Waals surface area contributed by atoms with Gasteiger partial charge in [-0.2, -0.15) is 0 Å². The molecule has 0 spiro atoms. The summed E-state index contributed by atoms with van der Waals surface area (Å²) >= 11 is 0. The topological polar surface area (TPSA) is 41.6 Å². The number of esters is 1. The fourth-order valence-electron chi connectivity index (χ4n) is 2.81. The summed E-state index contributed by atoms with van der Waals surface area (Å²) in [6.45, 7) is 5.56. The number of nitrogens with one attached hydrogen (secondary N) is 1. The Morgan fingerprint density at radius 2 is 2.12 bits per heavy atom. The van der Waals surface area contributed by atoms with Crippen molar-refractivity contribution in [2.45, 2.75) is 44.7 Å². The second-order valence-electron chi connectivity index (χ2n) is 4.64. The molecule has 0 saturated carbocycles. The Bertz CT molecular complexity index is 239. The molecule has 0 amide bonds. The average molecular weight is 226 g/mol. The molecule has 2 aliphatic rings. The lowest BCUT2D eigenvalue weighted by molar-refractivity contribution is -0.146. The first-order chi connectivity index (χ1) is 7.83. The van der Waals surface area contributed by atoms with Gasteiger partial charge in [0, 0.05) is 6.04 Å². The van der Waals surface area contributed by atoms with Crippen LogP contribution in [0.2, 0.25) is 0 Å². The van der Waals surface area contributed by atoms with Gasteiger partial charge >= 0.3 is 5.97 Å². The summed E-state index contributed by atoms with van der Waals surface area (Å²) in [7, 11) is 0. The van der Waals surface area contributed by atoms with Crippen LogP contribution < -0.4 is 5.32 Å². The molecule has 2 heterocycles. The first kappa shape index (κ1) is 11.9. The summed E-state index contributed by atoms with van der Waals surface area (Å²) in [6, 6.07) is 0.261. The molecule has 0 unspecified atom stereocenters. The van der Waals surface area contributed by atoms with E-state index in [0.717, 1.165) is 26.1 Å². The van der Waals surface area contributed by atoms with Crippen LogP contribution in [0.1, 0.15) is 32.6 Å². The first-order valence-corrected chi connectivity index (χ1v) is 6.47. The summed E-state index contributed by atoms with van der Waals surface area (Å²) in [5.74, 6) is -0.0735. The van der Waals surface area contributed by atoms with E-state index >= 15 is 0 Å². The van der Waals surface area contributed by atoms with Crippen LogP contribution in [0.5, 0.6) is 0 Å². The number of likely N-dealkylation sites (tertiary alicyclic amines) is 1. The fourth-order valence-corrected chi connectivity index (χ4v) is 2.81. The summed E-state index contributed by atoms with van der Waals surface area (Å²) in [6.07, 6.45) is 4.95. The van der Waals surface area contributed by atoms with E-state index in [2.05, 4.69) is 10.2 Å². The van der Waals surface area contributed by atoms with Crippen molar-refractivity contribution in [3.8, 4) is 0 Å². The molecule has 0 radical (unpaired) electrons. The minimum absolute atomic E-state index is 0.0735. The van der Waals surface area contributed by atoms with E-state index in [9.17, 15) is 4.79 Å². The molecule has 4 nitrogen and oxygen atoms in total. The second-order valence-corrected chi connectivity index (χ2v) is 4.64. The Balaban J connectivity index is 1.93. The number of nitrogens with zero attached hydrogens (tertiary/aromatic N) is 1. The largest absolute Gasteiger partial charge is 0.465 e. The maximum Gasteiger partial charge on any atom is 0.324 e. The van der Waals surface area contributed by atoms with Crippen LogP contribution in [0.15, 0.2) is 0 Å². The number of carbonyl (C=O) groups excluding carboxylic acids is 1. The molecule has 0 aromatic heterocycles. The summed E-state index contributed by atoms with van der Waals surface area (Å²) in [5, 5.41) is 3.27. The third-order valence-electron chi connectivity index (χ3n) is 3.59. The predicted octanol–water partition coefficient (Wildman–Crippen LogP) is 0.766. The third-order valence-corrected chi connectivity index (χ3v) is 3.59. The lowest BCUT2D eigenvalue weighted by atomic mass is 10.0. The number of ether oxygens (including phenoxy) is 1. The predicted molar refractivity (Wildman–Crippen MR) is 62.3 cm³/mol. The Hall–Kier alpha value is -0.610. The Morgan fingerprint density at radius 1 is 1.38 bits per heavy atom. The van der Waals surface area contributed by atoms with Crippen molar-refractivity contribution in [3.05, 3.63) is 0 Å². The van der Waals surface area contributed by atoms with E-state index < -0.39 is 0 Å². The molecular formula is C12H22N2O2. The van der Waals surface area contributed by atoms with Gasteiger partial charge in [0.25, 0.3) is 0 Å². The van der Waals surface area contributed by atoms with Crippen LogP contribution in [0.4, 0.5) is 0 Å². The van der Waals surface area contributed by atoms with Crippen LogP contribution in [-0.4, -0.2) is 49.2 Å². The maximum atomic E-state index is 11.8. The number of piperidine rings is 1. The average Bonchev–Trinajstić information content (AvgIpc) is 2.79. The van der Waals surface area contributed by atoms with Crippen molar-refractivity contribution in [1.82, 2.24) is 10.2 Å². The van der Waals surface area contributed by atoms with Crippen LogP contribution in [0.3, 0.4) is 0 Å². The molecule has 2 fully saturated rings. The highest BCUT2D eigenvalue weighted by molar-refractivity contribution is 5.77. The zero-order valence-corrected chi connectivity index (χ0v) is 10.1. The van der Waals surface area contributed by atoms with Gasteiger partial charge in [0.05, 0.1) is 6.61 Å². The molecular weight excluding hydrogens is 204 g/mol. The lowest BCUT2D eigenvalue weighted by Crippen LogP contribution is -2.50. The highest BCUT2D eigenvalue weighted by Crippen LogP contribution is 2.20. The maximum absolute atomic E-state index is 11.8. The molecule has 2 atom stereocenters. The smallest absolute Gasteiger partial charge is 0.324 e. The summed E-state index contributed by atoms with van der Waals surface area (Å²) in [4.78, 5) is 14.3. The molecule has 4 heteroatoms. The van der Waals surface area contributed by atoms with Crippen LogP contribution in [-0.2, 0) is 9.53 Å². The molecule has 2 rings (SSSR count). The minimum atomic E-state index is -0.0990. The third kappa shape index (κ3) is 2.55. The van der Waals surface area contributed by atoms with Gasteiger partial charge in [-0.1, -0.05) is 6.42 Å². The van der Waals surface area contributed by atoms with E-state index in [1.807, 2.05) is 6.92 Å². The van der Waals surface area contributed by atoms with Crippen molar-refractivity contribution >= 4 is 5.97 Å². The van der Waals surface area contributed by atoms with Crippen molar-refractivity contribution in [3.63, 3.8) is 0 Å². The molecule has 2 saturated heterocycles. The minimum Gasteiger partial charge on any atom is -0.465 e. The van der Waals surface area contributed by atoms with Crippen molar-refractivity contribution < 1.29 is 9.53 Å². The summed E-state index contributed by atoms with van der Waals surface area (Å²) in [5.41, 5.74) is 0. The highest BCUT2D eigenvalue weighted by atomic mass is 16.5. The lowest BCUT2D eigenvalue weighted by Gasteiger charge is -2.34. The zero-order chi connectivity index (χ0) is 11.4. The highest BCUT2D eigenvalue weighted by Gasteiger charge is 2.37. The monoisotopic (exact) mass is 226 g/mol. The van der Waals surface area contributed by atoms with E-state index in [0.29, 0.717) is 12.6 Å². The number of hydrogen-bond acceptors (Lipinski definition) is 4. The fraction of sp³-hybridized carbons (Fsp3) is 0.917. The van der Waals surface area contributed by atoms with Crippen molar-refractivity contribution in [2.75, 3.05) is 26.2 Å². The molecule has 0 aromatic rings. The molecule has 16 heavy (non-hydrogen) atoms. The molecule has 0 aromatic carbocycles. The number of carbonyl (C=O) groups is 1. The summed E-state index contributed by atoms with van der Waals surface area (Å²) < 4.78 is 5.12. The van der Waals surface area contributed by atoms with Crippen LogP contribution >= 0.6 is 0 Å². The van der Waals surface area contributed by atoms with Gasteiger partial charge in [0.2, 0.25) is 0 Å². The van der Waals surface area contributed by atoms with Crippen LogP contribution in [0, 0.1) is 0 Å². The van der Waals surface area contributed by atoms with E-state index in [-0.39, 0.29) is 12.0 Å². The standard InChI is InChI=1S/C12H22N2O2/c1-2-16-12(15)11-10(6-7-13-11)14-8-4-3-5-9-14/h10-11,13H,2-9H2,1H3/t10-,11+/m1/s1. The quantitative estimate of drug-likeness (QED) is 0.722. The van der Waals surface area contributed by atoms with Gasteiger partial charge in [-0.25, -0.2) is 0 Å². The van der Waals surface area contributed by atoms with Gasteiger partial charge in [-0.15, -0.1) is 0 Å². The van der Waals surface area contributed by atoms with Gasteiger partial charge in [-0.3, -0.25) is 9.69 Å². The van der Waals surface area contributed by atoms with Gasteiger partial charge in [0.1, 0.15) is 6.04 Å². The Labute approximate surface area is 97.3 Å². The molecule has 0 aliphatic carbocycles. The van der Waals surface area contributed by atoms with Gasteiger partial charge in [-0.05, 0) is 45.8 Å². The van der Waals surface area contributed by atoms with E-state index in [1.54, 1.807) is 0 Å². The van der Waals surface area contributed by atoms with Crippen molar-refractivity contribution in [2.24, 2.45) is 0 Å². The normalized spacial score (nSPS) is 31.6.